The zero-order valence-corrected chi connectivity index (χ0v) is 10.9. The van der Waals surface area contributed by atoms with Gasteiger partial charge >= 0.3 is 0 Å². The normalized spacial score (nSPS) is 10.6. The van der Waals surface area contributed by atoms with E-state index < -0.39 is 5.91 Å². The minimum atomic E-state index is -0.460. The molecule has 2 rings (SSSR count). The second-order valence-electron chi connectivity index (χ2n) is 4.30. The highest BCUT2D eigenvalue weighted by Crippen LogP contribution is 2.06. The van der Waals surface area contributed by atoms with Crippen molar-refractivity contribution in [2.45, 2.75) is 20.1 Å². The minimum absolute atomic E-state index is 0.448. The van der Waals surface area contributed by atoms with Crippen molar-refractivity contribution in [1.82, 2.24) is 9.78 Å². The number of benzene rings is 1. The number of nitrogens with two attached hydrogens (primary N) is 1. The van der Waals surface area contributed by atoms with Crippen molar-refractivity contribution in [3.63, 3.8) is 0 Å². The van der Waals surface area contributed by atoms with Crippen molar-refractivity contribution in [2.75, 3.05) is 6.61 Å². The van der Waals surface area contributed by atoms with Crippen molar-refractivity contribution >= 4 is 5.91 Å². The van der Waals surface area contributed by atoms with Crippen molar-refractivity contribution in [3.8, 4) is 0 Å². The molecule has 0 atom stereocenters. The SMILES string of the molecule is Cc1cnn(CCOCc2ccccc2)c1C(N)=O. The van der Waals surface area contributed by atoms with Crippen LogP contribution in [0.4, 0.5) is 0 Å². The summed E-state index contributed by atoms with van der Waals surface area (Å²) >= 11 is 0. The van der Waals surface area contributed by atoms with Gasteiger partial charge < -0.3 is 10.5 Å². The molecule has 0 aliphatic carbocycles. The number of carbonyl (C=O) groups is 1. The molecule has 1 heterocycles. The largest absolute Gasteiger partial charge is 0.375 e. The number of ether oxygens (including phenoxy) is 1. The molecule has 0 spiro atoms. The van der Waals surface area contributed by atoms with E-state index in [-0.39, 0.29) is 0 Å². The van der Waals surface area contributed by atoms with E-state index in [2.05, 4.69) is 5.10 Å². The molecule has 0 aliphatic heterocycles. The van der Waals surface area contributed by atoms with E-state index >= 15 is 0 Å². The average Bonchev–Trinajstić information content (AvgIpc) is 2.77. The topological polar surface area (TPSA) is 70.1 Å². The summed E-state index contributed by atoms with van der Waals surface area (Å²) in [5.74, 6) is -0.460. The molecule has 1 aromatic heterocycles. The first-order valence-electron chi connectivity index (χ1n) is 6.12. The van der Waals surface area contributed by atoms with Gasteiger partial charge in [-0.15, -0.1) is 0 Å². The maximum absolute atomic E-state index is 11.3. The van der Waals surface area contributed by atoms with Gasteiger partial charge in [0.05, 0.1) is 26.0 Å². The molecule has 0 fully saturated rings. The minimum Gasteiger partial charge on any atom is -0.375 e. The van der Waals surface area contributed by atoms with E-state index in [0.717, 1.165) is 11.1 Å². The fourth-order valence-corrected chi connectivity index (χ4v) is 1.89. The van der Waals surface area contributed by atoms with Crippen LogP contribution in [-0.4, -0.2) is 22.3 Å². The van der Waals surface area contributed by atoms with Crippen LogP contribution in [0, 0.1) is 6.92 Å². The molecule has 1 aromatic carbocycles. The maximum Gasteiger partial charge on any atom is 0.267 e. The Balaban J connectivity index is 1.85. The molecule has 0 aliphatic rings. The fourth-order valence-electron chi connectivity index (χ4n) is 1.89. The fraction of sp³-hybridized carbons (Fsp3) is 0.286. The third kappa shape index (κ3) is 3.42. The van der Waals surface area contributed by atoms with Gasteiger partial charge in [-0.2, -0.15) is 5.10 Å². The molecule has 2 aromatic rings. The van der Waals surface area contributed by atoms with Crippen LogP contribution in [0.2, 0.25) is 0 Å². The third-order valence-corrected chi connectivity index (χ3v) is 2.81. The number of primary amides is 1. The summed E-state index contributed by atoms with van der Waals surface area (Å²) in [5, 5.41) is 4.12. The molecule has 100 valence electrons. The first kappa shape index (κ1) is 13.3. The van der Waals surface area contributed by atoms with E-state index in [9.17, 15) is 4.79 Å². The number of carbonyl (C=O) groups excluding carboxylic acids is 1. The summed E-state index contributed by atoms with van der Waals surface area (Å²) in [6, 6.07) is 9.93. The Morgan fingerprint density at radius 1 is 1.37 bits per heavy atom. The van der Waals surface area contributed by atoms with Crippen LogP contribution in [0.5, 0.6) is 0 Å². The van der Waals surface area contributed by atoms with Gasteiger partial charge in [-0.1, -0.05) is 30.3 Å². The second-order valence-corrected chi connectivity index (χ2v) is 4.30. The number of amides is 1. The van der Waals surface area contributed by atoms with Gasteiger partial charge in [0.15, 0.2) is 0 Å². The van der Waals surface area contributed by atoms with Gasteiger partial charge in [-0.3, -0.25) is 9.48 Å². The highest BCUT2D eigenvalue weighted by atomic mass is 16.5. The van der Waals surface area contributed by atoms with E-state index in [4.69, 9.17) is 10.5 Å². The molecule has 2 N–H and O–H groups in total. The van der Waals surface area contributed by atoms with Crippen molar-refractivity contribution < 1.29 is 9.53 Å². The lowest BCUT2D eigenvalue weighted by molar-refractivity contribution is 0.0967. The summed E-state index contributed by atoms with van der Waals surface area (Å²) in [7, 11) is 0. The van der Waals surface area contributed by atoms with Gasteiger partial charge in [-0.25, -0.2) is 0 Å². The quantitative estimate of drug-likeness (QED) is 0.799. The van der Waals surface area contributed by atoms with Crippen LogP contribution in [0.15, 0.2) is 36.5 Å². The molecule has 0 bridgehead atoms. The Morgan fingerprint density at radius 3 is 2.79 bits per heavy atom. The van der Waals surface area contributed by atoms with Gasteiger partial charge in [0, 0.05) is 0 Å². The zero-order chi connectivity index (χ0) is 13.7. The van der Waals surface area contributed by atoms with E-state index in [1.165, 1.54) is 0 Å². The number of hydrogen-bond donors (Lipinski definition) is 1. The lowest BCUT2D eigenvalue weighted by Gasteiger charge is -2.07. The lowest BCUT2D eigenvalue weighted by Crippen LogP contribution is -2.20. The Morgan fingerprint density at radius 2 is 2.11 bits per heavy atom. The number of aromatic nitrogens is 2. The number of hydrogen-bond acceptors (Lipinski definition) is 3. The lowest BCUT2D eigenvalue weighted by atomic mass is 10.2. The van der Waals surface area contributed by atoms with Crippen molar-refractivity contribution in [2.24, 2.45) is 5.73 Å². The first-order chi connectivity index (χ1) is 9.18. The standard InChI is InChI=1S/C14H17N3O2/c1-11-9-16-17(13(11)14(15)18)7-8-19-10-12-5-3-2-4-6-12/h2-6,9H,7-8,10H2,1H3,(H2,15,18). The Bertz CT molecular complexity index is 549. The Kier molecular flexibility index (Phi) is 4.30. The molecule has 19 heavy (non-hydrogen) atoms. The van der Waals surface area contributed by atoms with E-state index in [1.54, 1.807) is 10.9 Å². The number of nitrogens with zero attached hydrogens (tertiary/aromatic N) is 2. The molecule has 0 saturated carbocycles. The molecule has 0 radical (unpaired) electrons. The van der Waals surface area contributed by atoms with Crippen molar-refractivity contribution in [1.29, 1.82) is 0 Å². The molecule has 5 nitrogen and oxygen atoms in total. The summed E-state index contributed by atoms with van der Waals surface area (Å²) in [5.41, 5.74) is 7.67. The molecule has 1 amide bonds. The predicted octanol–water partition coefficient (Wildman–Crippen LogP) is 1.51. The predicted molar refractivity (Wildman–Crippen MR) is 71.6 cm³/mol. The maximum atomic E-state index is 11.3. The van der Waals surface area contributed by atoms with Gasteiger partial charge in [-0.05, 0) is 18.1 Å². The number of aryl methyl sites for hydroxylation is 1. The average molecular weight is 259 g/mol. The highest BCUT2D eigenvalue weighted by Gasteiger charge is 2.12. The van der Waals surface area contributed by atoms with Gasteiger partial charge in [0.2, 0.25) is 0 Å². The molecule has 0 saturated heterocycles. The third-order valence-electron chi connectivity index (χ3n) is 2.81. The Labute approximate surface area is 112 Å². The van der Waals surface area contributed by atoms with Crippen molar-refractivity contribution in [3.05, 3.63) is 53.3 Å². The van der Waals surface area contributed by atoms with E-state index in [0.29, 0.717) is 25.5 Å². The van der Waals surface area contributed by atoms with Crippen LogP contribution in [-0.2, 0) is 17.9 Å². The summed E-state index contributed by atoms with van der Waals surface area (Å²) < 4.78 is 7.14. The Hall–Kier alpha value is -2.14. The van der Waals surface area contributed by atoms with Crippen LogP contribution in [0.3, 0.4) is 0 Å². The number of rotatable bonds is 6. The highest BCUT2D eigenvalue weighted by molar-refractivity contribution is 5.92. The first-order valence-corrected chi connectivity index (χ1v) is 6.12. The van der Waals surface area contributed by atoms with Crippen LogP contribution >= 0.6 is 0 Å². The molecular weight excluding hydrogens is 242 g/mol. The van der Waals surface area contributed by atoms with Crippen LogP contribution < -0.4 is 5.73 Å². The smallest absolute Gasteiger partial charge is 0.267 e. The van der Waals surface area contributed by atoms with Crippen LogP contribution in [0.25, 0.3) is 0 Å². The van der Waals surface area contributed by atoms with Gasteiger partial charge in [0.25, 0.3) is 5.91 Å². The second kappa shape index (κ2) is 6.15. The molecular formula is C14H17N3O2. The molecule has 5 heteroatoms. The van der Waals surface area contributed by atoms with E-state index in [1.807, 2.05) is 37.3 Å². The van der Waals surface area contributed by atoms with Gasteiger partial charge in [0.1, 0.15) is 5.69 Å². The summed E-state index contributed by atoms with van der Waals surface area (Å²) in [6.45, 7) is 3.36. The molecule has 0 unspecified atom stereocenters. The summed E-state index contributed by atoms with van der Waals surface area (Å²) in [6.07, 6.45) is 1.64. The zero-order valence-electron chi connectivity index (χ0n) is 10.9. The van der Waals surface area contributed by atoms with Crippen LogP contribution in [0.1, 0.15) is 21.6 Å². The monoisotopic (exact) mass is 259 g/mol. The summed E-state index contributed by atoms with van der Waals surface area (Å²) in [4.78, 5) is 11.3.